The first-order valence-corrected chi connectivity index (χ1v) is 9.56. The van der Waals surface area contributed by atoms with E-state index >= 15 is 0 Å². The molecule has 0 N–H and O–H groups in total. The molecule has 28 heavy (non-hydrogen) atoms. The molecule has 0 unspecified atom stereocenters. The summed E-state index contributed by atoms with van der Waals surface area (Å²) in [6.07, 6.45) is 2.16. The third-order valence-corrected chi connectivity index (χ3v) is 5.73. The van der Waals surface area contributed by atoms with E-state index in [-0.39, 0.29) is 0 Å². The van der Waals surface area contributed by atoms with Crippen molar-refractivity contribution in [3.63, 3.8) is 0 Å². The summed E-state index contributed by atoms with van der Waals surface area (Å²) < 4.78 is 2.21. The number of para-hydroxylation sites is 1. The van der Waals surface area contributed by atoms with Crippen LogP contribution in [-0.2, 0) is 7.05 Å². The zero-order valence-electron chi connectivity index (χ0n) is 15.6. The Bertz CT molecular complexity index is 1420. The molecule has 4 aromatic rings. The fourth-order valence-corrected chi connectivity index (χ4v) is 4.45. The summed E-state index contributed by atoms with van der Waals surface area (Å²) in [6, 6.07) is 30.2. The highest BCUT2D eigenvalue weighted by Gasteiger charge is 2.21. The molecule has 6 rings (SSSR count). The van der Waals surface area contributed by atoms with Crippen LogP contribution in [0.25, 0.3) is 55.0 Å². The van der Waals surface area contributed by atoms with Gasteiger partial charge in [0, 0.05) is 29.8 Å². The minimum absolute atomic E-state index is 1.05. The van der Waals surface area contributed by atoms with Gasteiger partial charge in [0.1, 0.15) is 0 Å². The minimum Gasteiger partial charge on any atom is -0.349 e. The molecular weight excluding hydrogens is 340 g/mol. The monoisotopic (exact) mass is 358 g/mol. The van der Waals surface area contributed by atoms with E-state index in [1.165, 1.54) is 43.8 Å². The zero-order valence-corrected chi connectivity index (χ0v) is 15.6. The third kappa shape index (κ3) is 2.06. The molecule has 0 spiro atoms. The lowest BCUT2D eigenvalue weighted by molar-refractivity contribution is 0.915. The smallest absolute Gasteiger partial charge is 0.0960 e. The van der Waals surface area contributed by atoms with Crippen molar-refractivity contribution in [2.24, 2.45) is 7.05 Å². The number of fused-ring (bicyclic) bond motifs is 5. The maximum atomic E-state index is 5.05. The number of nitrogens with zero attached hydrogens (tertiary/aromatic N) is 2. The SMILES string of the molecule is Cn1ccc2c3ccccc3nc-2c1-c1c2ccccc2cc2ccccc12. The van der Waals surface area contributed by atoms with Gasteiger partial charge in [0.2, 0.25) is 0 Å². The summed E-state index contributed by atoms with van der Waals surface area (Å²) in [5.74, 6) is 0. The highest BCUT2D eigenvalue weighted by Crippen LogP contribution is 2.43. The molecule has 0 saturated heterocycles. The molecule has 2 nitrogen and oxygen atoms in total. The van der Waals surface area contributed by atoms with Gasteiger partial charge in [0.25, 0.3) is 0 Å². The number of hydrogen-bond acceptors (Lipinski definition) is 1. The van der Waals surface area contributed by atoms with Crippen molar-refractivity contribution in [3.05, 3.63) is 91.1 Å². The van der Waals surface area contributed by atoms with Gasteiger partial charge in [0.15, 0.2) is 0 Å². The molecule has 0 aliphatic carbocycles. The summed E-state index contributed by atoms with van der Waals surface area (Å²) in [7, 11) is 2.12. The number of pyridine rings is 1. The van der Waals surface area contributed by atoms with Crippen LogP contribution in [0.2, 0.25) is 0 Å². The molecule has 2 aliphatic rings. The average molecular weight is 358 g/mol. The van der Waals surface area contributed by atoms with Gasteiger partial charge < -0.3 is 4.57 Å². The first kappa shape index (κ1) is 15.4. The van der Waals surface area contributed by atoms with Crippen LogP contribution in [0.4, 0.5) is 0 Å². The van der Waals surface area contributed by atoms with Crippen LogP contribution in [0, 0.1) is 0 Å². The van der Waals surface area contributed by atoms with Gasteiger partial charge in [-0.15, -0.1) is 0 Å². The number of aryl methyl sites for hydroxylation is 1. The number of aromatic nitrogens is 2. The molecule has 2 heterocycles. The van der Waals surface area contributed by atoms with Gasteiger partial charge in [-0.1, -0.05) is 66.7 Å². The normalized spacial score (nSPS) is 11.8. The van der Waals surface area contributed by atoms with E-state index in [4.69, 9.17) is 4.98 Å². The molecule has 2 aliphatic heterocycles. The number of rotatable bonds is 1. The van der Waals surface area contributed by atoms with E-state index in [1.54, 1.807) is 0 Å². The van der Waals surface area contributed by atoms with E-state index in [1.807, 2.05) is 0 Å². The Morgan fingerprint density at radius 2 is 1.29 bits per heavy atom. The van der Waals surface area contributed by atoms with Crippen molar-refractivity contribution in [2.45, 2.75) is 0 Å². The van der Waals surface area contributed by atoms with Gasteiger partial charge in [0.05, 0.1) is 16.9 Å². The van der Waals surface area contributed by atoms with E-state index in [0.717, 1.165) is 11.2 Å². The molecular formula is C26H18N2. The van der Waals surface area contributed by atoms with Crippen molar-refractivity contribution in [1.29, 1.82) is 0 Å². The summed E-state index contributed by atoms with van der Waals surface area (Å²) in [6.45, 7) is 0. The van der Waals surface area contributed by atoms with Gasteiger partial charge in [-0.2, -0.15) is 0 Å². The van der Waals surface area contributed by atoms with Crippen LogP contribution in [0.1, 0.15) is 0 Å². The zero-order chi connectivity index (χ0) is 18.7. The highest BCUT2D eigenvalue weighted by molar-refractivity contribution is 6.15. The molecule has 132 valence electrons. The molecule has 0 aromatic heterocycles. The highest BCUT2D eigenvalue weighted by atomic mass is 14.9. The van der Waals surface area contributed by atoms with Gasteiger partial charge in [-0.05, 0) is 39.7 Å². The first-order chi connectivity index (χ1) is 13.8. The summed E-state index contributed by atoms with van der Waals surface area (Å²) >= 11 is 0. The lowest BCUT2D eigenvalue weighted by Crippen LogP contribution is -2.01. The molecule has 0 fully saturated rings. The van der Waals surface area contributed by atoms with E-state index in [0.29, 0.717) is 0 Å². The lowest BCUT2D eigenvalue weighted by atomic mass is 9.92. The molecule has 0 radical (unpaired) electrons. The second-order valence-corrected chi connectivity index (χ2v) is 7.36. The Morgan fingerprint density at radius 3 is 2.00 bits per heavy atom. The maximum Gasteiger partial charge on any atom is 0.0960 e. The van der Waals surface area contributed by atoms with Crippen molar-refractivity contribution in [2.75, 3.05) is 0 Å². The van der Waals surface area contributed by atoms with Crippen LogP contribution in [0.3, 0.4) is 0 Å². The lowest BCUT2D eigenvalue weighted by Gasteiger charge is -2.18. The van der Waals surface area contributed by atoms with Crippen LogP contribution < -0.4 is 0 Å². The largest absolute Gasteiger partial charge is 0.349 e. The summed E-state index contributed by atoms with van der Waals surface area (Å²) in [5, 5.41) is 6.24. The second kappa shape index (κ2) is 5.67. The van der Waals surface area contributed by atoms with Crippen LogP contribution in [0.5, 0.6) is 0 Å². The van der Waals surface area contributed by atoms with Crippen LogP contribution >= 0.6 is 0 Å². The second-order valence-electron chi connectivity index (χ2n) is 7.36. The molecule has 4 aromatic carbocycles. The Hall–Kier alpha value is -3.65. The molecule has 0 atom stereocenters. The van der Waals surface area contributed by atoms with Crippen molar-refractivity contribution >= 4 is 32.4 Å². The topological polar surface area (TPSA) is 17.8 Å². The third-order valence-electron chi connectivity index (χ3n) is 5.73. The predicted octanol–water partition coefficient (Wildman–Crippen LogP) is 6.65. The predicted molar refractivity (Wildman–Crippen MR) is 118 cm³/mol. The van der Waals surface area contributed by atoms with E-state index in [2.05, 4.69) is 103 Å². The molecule has 0 saturated carbocycles. The Labute approximate surface area is 163 Å². The van der Waals surface area contributed by atoms with Gasteiger partial charge in [-0.3, -0.25) is 0 Å². The minimum atomic E-state index is 1.05. The van der Waals surface area contributed by atoms with Crippen molar-refractivity contribution in [1.82, 2.24) is 9.55 Å². The fraction of sp³-hybridized carbons (Fsp3) is 0.0385. The number of benzene rings is 4. The average Bonchev–Trinajstić information content (AvgIpc) is 3.11. The fourth-order valence-electron chi connectivity index (χ4n) is 4.45. The maximum absolute atomic E-state index is 5.05. The van der Waals surface area contributed by atoms with E-state index < -0.39 is 0 Å². The Kier molecular flexibility index (Phi) is 3.12. The quantitative estimate of drug-likeness (QED) is 0.301. The van der Waals surface area contributed by atoms with Gasteiger partial charge >= 0.3 is 0 Å². The number of hydrogen-bond donors (Lipinski definition) is 0. The van der Waals surface area contributed by atoms with E-state index in [9.17, 15) is 0 Å². The molecule has 2 heteroatoms. The Balaban J connectivity index is 1.85. The van der Waals surface area contributed by atoms with Crippen molar-refractivity contribution < 1.29 is 0 Å². The Morgan fingerprint density at radius 1 is 0.679 bits per heavy atom. The molecule has 0 amide bonds. The van der Waals surface area contributed by atoms with Crippen LogP contribution in [0.15, 0.2) is 91.1 Å². The van der Waals surface area contributed by atoms with Crippen molar-refractivity contribution in [3.8, 4) is 22.5 Å². The van der Waals surface area contributed by atoms with Crippen LogP contribution in [-0.4, -0.2) is 9.55 Å². The summed E-state index contributed by atoms with van der Waals surface area (Å²) in [5.41, 5.74) is 5.74. The van der Waals surface area contributed by atoms with Gasteiger partial charge in [-0.25, -0.2) is 4.98 Å². The first-order valence-electron chi connectivity index (χ1n) is 9.56. The standard InChI is InChI=1S/C26H18N2/c1-28-15-14-22-21-12-6-7-13-23(21)27-25(22)26(28)24-19-10-4-2-8-17(19)16-18-9-3-5-11-20(18)24/h2-16H,1H3. The molecule has 0 bridgehead atoms. The summed E-state index contributed by atoms with van der Waals surface area (Å²) in [4.78, 5) is 5.05.